The van der Waals surface area contributed by atoms with Crippen molar-refractivity contribution in [2.45, 2.75) is 12.8 Å². The minimum Gasteiger partial charge on any atom is -0.466 e. The van der Waals surface area contributed by atoms with Crippen molar-refractivity contribution in [1.82, 2.24) is 0 Å². The SMILES string of the molecule is COC(=O)C1=C[C@H]2C=C[C@@H]1CC2. The van der Waals surface area contributed by atoms with Crippen molar-refractivity contribution in [3.8, 4) is 0 Å². The number of methoxy groups -OCH3 is 1. The van der Waals surface area contributed by atoms with Crippen molar-refractivity contribution >= 4 is 5.97 Å². The van der Waals surface area contributed by atoms with Crippen molar-refractivity contribution in [1.29, 1.82) is 0 Å². The number of hydrogen-bond donors (Lipinski definition) is 0. The summed E-state index contributed by atoms with van der Waals surface area (Å²) in [5, 5.41) is 0. The molecule has 0 heterocycles. The van der Waals surface area contributed by atoms with Crippen molar-refractivity contribution in [3.05, 3.63) is 23.8 Å². The smallest absolute Gasteiger partial charge is 0.334 e. The fourth-order valence-electron chi connectivity index (χ4n) is 1.93. The van der Waals surface area contributed by atoms with Crippen LogP contribution in [0.4, 0.5) is 0 Å². The van der Waals surface area contributed by atoms with Crippen LogP contribution in [-0.2, 0) is 9.53 Å². The number of carbonyl (C=O) groups excluding carboxylic acids is 1. The predicted molar refractivity (Wildman–Crippen MR) is 45.5 cm³/mol. The highest BCUT2D eigenvalue weighted by molar-refractivity contribution is 5.90. The number of ether oxygens (including phenoxy) is 1. The van der Waals surface area contributed by atoms with Gasteiger partial charge in [0.2, 0.25) is 0 Å². The van der Waals surface area contributed by atoms with Crippen LogP contribution in [0.15, 0.2) is 23.8 Å². The molecule has 3 rings (SSSR count). The first-order valence-electron chi connectivity index (χ1n) is 4.29. The lowest BCUT2D eigenvalue weighted by Crippen LogP contribution is -2.22. The van der Waals surface area contributed by atoms with Crippen LogP contribution in [0.25, 0.3) is 0 Å². The van der Waals surface area contributed by atoms with Crippen LogP contribution in [0.5, 0.6) is 0 Å². The van der Waals surface area contributed by atoms with Gasteiger partial charge in [0.1, 0.15) is 0 Å². The molecule has 0 radical (unpaired) electrons. The Morgan fingerprint density at radius 3 is 2.75 bits per heavy atom. The second-order valence-electron chi connectivity index (χ2n) is 3.35. The van der Waals surface area contributed by atoms with E-state index in [1.807, 2.05) is 6.08 Å². The highest BCUT2D eigenvalue weighted by Gasteiger charge is 2.28. The summed E-state index contributed by atoms with van der Waals surface area (Å²) in [6.45, 7) is 0. The summed E-state index contributed by atoms with van der Waals surface area (Å²) >= 11 is 0. The van der Waals surface area contributed by atoms with E-state index in [-0.39, 0.29) is 5.97 Å². The highest BCUT2D eigenvalue weighted by Crippen LogP contribution is 2.35. The largest absolute Gasteiger partial charge is 0.466 e. The van der Waals surface area contributed by atoms with E-state index in [9.17, 15) is 4.79 Å². The van der Waals surface area contributed by atoms with Gasteiger partial charge in [-0.05, 0) is 18.8 Å². The predicted octanol–water partition coefficient (Wildman–Crippen LogP) is 1.68. The Kier molecular flexibility index (Phi) is 1.75. The zero-order chi connectivity index (χ0) is 8.55. The van der Waals surface area contributed by atoms with Crippen LogP contribution in [0, 0.1) is 11.8 Å². The number of rotatable bonds is 1. The fraction of sp³-hybridized carbons (Fsp3) is 0.500. The normalized spacial score (nSPS) is 31.6. The average Bonchev–Trinajstić information content (AvgIpc) is 2.18. The van der Waals surface area contributed by atoms with E-state index >= 15 is 0 Å². The number of hydrogen-bond acceptors (Lipinski definition) is 2. The van der Waals surface area contributed by atoms with Crippen molar-refractivity contribution < 1.29 is 9.53 Å². The Bertz CT molecular complexity index is 263. The van der Waals surface area contributed by atoms with Gasteiger partial charge in [0, 0.05) is 11.5 Å². The lowest BCUT2D eigenvalue weighted by molar-refractivity contribution is -0.136. The maximum atomic E-state index is 11.2. The van der Waals surface area contributed by atoms with Crippen LogP contribution < -0.4 is 0 Å². The molecule has 0 spiro atoms. The van der Waals surface area contributed by atoms with Crippen LogP contribution >= 0.6 is 0 Å². The van der Waals surface area contributed by atoms with Gasteiger partial charge in [0.25, 0.3) is 0 Å². The second kappa shape index (κ2) is 2.77. The molecule has 2 atom stereocenters. The lowest BCUT2D eigenvalue weighted by Gasteiger charge is -2.28. The molecule has 0 N–H and O–H groups in total. The summed E-state index contributed by atoms with van der Waals surface area (Å²) in [6, 6.07) is 0. The monoisotopic (exact) mass is 164 g/mol. The third kappa shape index (κ3) is 1.07. The molecule has 12 heavy (non-hydrogen) atoms. The first-order chi connectivity index (χ1) is 5.81. The molecule has 2 bridgehead atoms. The van der Waals surface area contributed by atoms with Crippen LogP contribution in [0.1, 0.15) is 12.8 Å². The molecule has 64 valence electrons. The van der Waals surface area contributed by atoms with Crippen LogP contribution in [0.2, 0.25) is 0 Å². The van der Waals surface area contributed by atoms with Gasteiger partial charge in [-0.25, -0.2) is 4.79 Å². The number of carbonyl (C=O) groups is 1. The molecule has 3 aliphatic rings. The van der Waals surface area contributed by atoms with E-state index in [2.05, 4.69) is 12.2 Å². The Morgan fingerprint density at radius 2 is 2.33 bits per heavy atom. The Hall–Kier alpha value is -1.05. The fourth-order valence-corrected chi connectivity index (χ4v) is 1.93. The molecule has 0 fully saturated rings. The summed E-state index contributed by atoms with van der Waals surface area (Å²) < 4.78 is 4.70. The van der Waals surface area contributed by atoms with E-state index in [0.717, 1.165) is 12.0 Å². The van der Waals surface area contributed by atoms with Gasteiger partial charge < -0.3 is 4.74 Å². The van der Waals surface area contributed by atoms with Crippen LogP contribution in [0.3, 0.4) is 0 Å². The molecule has 0 aromatic carbocycles. The Balaban J connectivity index is 2.23. The van der Waals surface area contributed by atoms with Gasteiger partial charge in [0.15, 0.2) is 0 Å². The topological polar surface area (TPSA) is 26.3 Å². The highest BCUT2D eigenvalue weighted by atomic mass is 16.5. The maximum absolute atomic E-state index is 11.2. The summed E-state index contributed by atoms with van der Waals surface area (Å²) in [4.78, 5) is 11.2. The van der Waals surface area contributed by atoms with Crippen molar-refractivity contribution in [2.75, 3.05) is 7.11 Å². The molecule has 2 nitrogen and oxygen atoms in total. The summed E-state index contributed by atoms with van der Waals surface area (Å²) in [7, 11) is 1.44. The van der Waals surface area contributed by atoms with Gasteiger partial charge in [-0.3, -0.25) is 0 Å². The number of fused-ring (bicyclic) bond motifs is 1. The molecular formula is C10H12O2. The maximum Gasteiger partial charge on any atom is 0.334 e. The van der Waals surface area contributed by atoms with Gasteiger partial charge >= 0.3 is 5.97 Å². The lowest BCUT2D eigenvalue weighted by atomic mass is 9.77. The molecule has 0 aromatic rings. The minimum absolute atomic E-state index is 0.158. The second-order valence-corrected chi connectivity index (χ2v) is 3.35. The van der Waals surface area contributed by atoms with E-state index in [1.165, 1.54) is 13.5 Å². The van der Waals surface area contributed by atoms with E-state index < -0.39 is 0 Å². The summed E-state index contributed by atoms with van der Waals surface area (Å²) in [5.41, 5.74) is 0.858. The molecule has 0 amide bonds. The van der Waals surface area contributed by atoms with Crippen LogP contribution in [-0.4, -0.2) is 13.1 Å². The third-order valence-electron chi connectivity index (χ3n) is 2.62. The zero-order valence-corrected chi connectivity index (χ0v) is 7.12. The van der Waals surface area contributed by atoms with E-state index in [1.54, 1.807) is 0 Å². The van der Waals surface area contributed by atoms with Gasteiger partial charge in [0.05, 0.1) is 7.11 Å². The summed E-state index contributed by atoms with van der Waals surface area (Å²) in [6.07, 6.45) is 8.63. The molecule has 3 aliphatic carbocycles. The summed E-state index contributed by atoms with van der Waals surface area (Å²) in [5.74, 6) is 0.639. The Labute approximate surface area is 71.9 Å². The quantitative estimate of drug-likeness (QED) is 0.435. The molecule has 0 saturated carbocycles. The third-order valence-corrected chi connectivity index (χ3v) is 2.62. The average molecular weight is 164 g/mol. The molecule has 2 heteroatoms. The first kappa shape index (κ1) is 7.59. The first-order valence-corrected chi connectivity index (χ1v) is 4.29. The molecule has 0 aromatic heterocycles. The van der Waals surface area contributed by atoms with Crippen molar-refractivity contribution in [3.63, 3.8) is 0 Å². The number of esters is 1. The number of allylic oxidation sites excluding steroid dienone is 3. The molecule has 0 unspecified atom stereocenters. The van der Waals surface area contributed by atoms with Crippen molar-refractivity contribution in [2.24, 2.45) is 11.8 Å². The van der Waals surface area contributed by atoms with E-state index in [0.29, 0.717) is 11.8 Å². The Morgan fingerprint density at radius 1 is 1.50 bits per heavy atom. The molecule has 0 saturated heterocycles. The zero-order valence-electron chi connectivity index (χ0n) is 7.12. The van der Waals surface area contributed by atoms with Gasteiger partial charge in [-0.15, -0.1) is 0 Å². The van der Waals surface area contributed by atoms with Gasteiger partial charge in [-0.1, -0.05) is 18.2 Å². The molecule has 0 aliphatic heterocycles. The van der Waals surface area contributed by atoms with Gasteiger partial charge in [-0.2, -0.15) is 0 Å². The minimum atomic E-state index is -0.158. The molecular weight excluding hydrogens is 152 g/mol. The standard InChI is InChI=1S/C10H12O2/c1-12-10(11)9-6-7-2-4-8(9)5-3-7/h2,4,6-8H,3,5H2,1H3/t7-,8+/m0/s1. The van der Waals surface area contributed by atoms with E-state index in [4.69, 9.17) is 4.74 Å².